The number of halogens is 1. The minimum Gasteiger partial charge on any atom is -0.343 e. The van der Waals surface area contributed by atoms with E-state index in [9.17, 15) is 4.79 Å². The lowest BCUT2D eigenvalue weighted by molar-refractivity contribution is -0.0406. The van der Waals surface area contributed by atoms with Gasteiger partial charge < -0.3 is 5.32 Å². The van der Waals surface area contributed by atoms with Crippen molar-refractivity contribution in [3.05, 3.63) is 64.4 Å². The van der Waals surface area contributed by atoms with Gasteiger partial charge in [-0.3, -0.25) is 14.7 Å². The first-order chi connectivity index (χ1) is 14.0. The summed E-state index contributed by atoms with van der Waals surface area (Å²) in [7, 11) is 2.23. The number of fused-ring (bicyclic) bond motifs is 3. The van der Waals surface area contributed by atoms with E-state index in [-0.39, 0.29) is 17.5 Å². The standard InChI is InChI=1S/C24H30ClN3O/c1-3-6-18-7-4-5-8-19(18)22(24-12-9-17(10-13-24)16-28(24)2)27-23(29)20-11-14-26-15-21(20)25/h4-5,7-8,11,14-15,17,22H,3,6,9-10,12-13,16H2,1-2H3,(H,27,29). The molecule has 5 rings (SSSR count). The maximum Gasteiger partial charge on any atom is 0.253 e. The Hall–Kier alpha value is -1.91. The zero-order valence-electron chi connectivity index (χ0n) is 17.3. The molecule has 1 aromatic carbocycles. The topological polar surface area (TPSA) is 45.2 Å². The van der Waals surface area contributed by atoms with E-state index in [0.29, 0.717) is 10.6 Å². The van der Waals surface area contributed by atoms with Crippen molar-refractivity contribution < 1.29 is 4.79 Å². The number of amides is 1. The fraction of sp³-hybridized carbons (Fsp3) is 0.500. The van der Waals surface area contributed by atoms with E-state index in [4.69, 9.17) is 11.6 Å². The second-order valence-corrected chi connectivity index (χ2v) is 9.05. The Morgan fingerprint density at radius 2 is 2.07 bits per heavy atom. The summed E-state index contributed by atoms with van der Waals surface area (Å²) >= 11 is 6.29. The molecule has 0 spiro atoms. The molecule has 29 heavy (non-hydrogen) atoms. The van der Waals surface area contributed by atoms with Gasteiger partial charge in [-0.2, -0.15) is 0 Å². The van der Waals surface area contributed by atoms with E-state index in [1.54, 1.807) is 12.3 Å². The molecule has 1 amide bonds. The Kier molecular flexibility index (Phi) is 5.93. The lowest BCUT2D eigenvalue weighted by Gasteiger charge is -2.57. The molecule has 0 radical (unpaired) electrons. The molecule has 2 bridgehead atoms. The quantitative estimate of drug-likeness (QED) is 0.724. The smallest absolute Gasteiger partial charge is 0.253 e. The van der Waals surface area contributed by atoms with Crippen LogP contribution in [0.15, 0.2) is 42.7 Å². The number of piperidine rings is 2. The Labute approximate surface area is 178 Å². The van der Waals surface area contributed by atoms with Crippen molar-refractivity contribution in [2.75, 3.05) is 13.6 Å². The summed E-state index contributed by atoms with van der Waals surface area (Å²) in [5, 5.41) is 3.81. The number of hydrogen-bond donors (Lipinski definition) is 1. The van der Waals surface area contributed by atoms with Crippen LogP contribution < -0.4 is 5.32 Å². The molecule has 154 valence electrons. The fourth-order valence-corrected chi connectivity index (χ4v) is 5.61. The molecule has 1 N–H and O–H groups in total. The summed E-state index contributed by atoms with van der Waals surface area (Å²) in [5.41, 5.74) is 3.02. The highest BCUT2D eigenvalue weighted by Gasteiger charge is 2.50. The number of nitrogens with one attached hydrogen (secondary N) is 1. The molecule has 1 atom stereocenters. The number of carbonyl (C=O) groups excluding carboxylic acids is 1. The highest BCUT2D eigenvalue weighted by atomic mass is 35.5. The van der Waals surface area contributed by atoms with Crippen molar-refractivity contribution in [2.45, 2.75) is 57.0 Å². The van der Waals surface area contributed by atoms with Crippen LogP contribution in [0.25, 0.3) is 0 Å². The molecule has 2 aromatic rings. The van der Waals surface area contributed by atoms with Crippen molar-refractivity contribution in [1.82, 2.24) is 15.2 Å². The average molecular weight is 412 g/mol. The number of aromatic nitrogens is 1. The van der Waals surface area contributed by atoms with Gasteiger partial charge in [0.2, 0.25) is 0 Å². The number of carbonyl (C=O) groups is 1. The Bertz CT molecular complexity index is 876. The number of aryl methyl sites for hydroxylation is 1. The summed E-state index contributed by atoms with van der Waals surface area (Å²) in [5.74, 6) is 0.669. The van der Waals surface area contributed by atoms with Gasteiger partial charge in [-0.25, -0.2) is 0 Å². The van der Waals surface area contributed by atoms with E-state index in [1.165, 1.54) is 30.2 Å². The van der Waals surface area contributed by atoms with Crippen LogP contribution in [0.4, 0.5) is 0 Å². The Balaban J connectivity index is 1.76. The first kappa shape index (κ1) is 20.4. The summed E-state index contributed by atoms with van der Waals surface area (Å²) in [4.78, 5) is 19.8. The molecule has 1 saturated carbocycles. The third-order valence-corrected chi connectivity index (χ3v) is 7.28. The van der Waals surface area contributed by atoms with Crippen LogP contribution in [0.1, 0.15) is 66.6 Å². The van der Waals surface area contributed by atoms with E-state index in [1.807, 2.05) is 0 Å². The first-order valence-corrected chi connectivity index (χ1v) is 11.1. The van der Waals surface area contributed by atoms with Gasteiger partial charge in [-0.05, 0) is 62.3 Å². The molecule has 5 heteroatoms. The molecule has 4 nitrogen and oxygen atoms in total. The van der Waals surface area contributed by atoms with E-state index < -0.39 is 0 Å². The second-order valence-electron chi connectivity index (χ2n) is 8.64. The fourth-order valence-electron chi connectivity index (χ4n) is 5.40. The number of pyridine rings is 1. The Morgan fingerprint density at radius 3 is 2.76 bits per heavy atom. The molecule has 1 unspecified atom stereocenters. The molecule has 1 aromatic heterocycles. The van der Waals surface area contributed by atoms with E-state index in [0.717, 1.165) is 38.1 Å². The molecular formula is C24H30ClN3O. The summed E-state index contributed by atoms with van der Waals surface area (Å²) in [6.45, 7) is 3.32. The van der Waals surface area contributed by atoms with Gasteiger partial charge in [0, 0.05) is 24.5 Å². The Morgan fingerprint density at radius 1 is 1.31 bits per heavy atom. The van der Waals surface area contributed by atoms with Gasteiger partial charge in [-0.1, -0.05) is 49.2 Å². The summed E-state index contributed by atoms with van der Waals surface area (Å²) in [6, 6.07) is 10.2. The van der Waals surface area contributed by atoms with Crippen molar-refractivity contribution >= 4 is 17.5 Å². The number of hydrogen-bond acceptors (Lipinski definition) is 3. The second kappa shape index (κ2) is 8.45. The van der Waals surface area contributed by atoms with Crippen LogP contribution >= 0.6 is 11.6 Å². The average Bonchev–Trinajstić information content (AvgIpc) is 2.74. The van der Waals surface area contributed by atoms with Crippen LogP contribution in [-0.4, -0.2) is 34.9 Å². The van der Waals surface area contributed by atoms with Gasteiger partial charge in [0.05, 0.1) is 16.6 Å². The zero-order chi connectivity index (χ0) is 20.4. The largest absolute Gasteiger partial charge is 0.343 e. The van der Waals surface area contributed by atoms with Crippen molar-refractivity contribution in [3.63, 3.8) is 0 Å². The first-order valence-electron chi connectivity index (χ1n) is 10.7. The predicted octanol–water partition coefficient (Wildman–Crippen LogP) is 5.03. The highest BCUT2D eigenvalue weighted by molar-refractivity contribution is 6.33. The zero-order valence-corrected chi connectivity index (χ0v) is 18.1. The number of likely N-dealkylation sites (N-methyl/N-ethyl adjacent to an activating group) is 1. The third-order valence-electron chi connectivity index (χ3n) is 6.98. The van der Waals surface area contributed by atoms with E-state index in [2.05, 4.69) is 53.4 Å². The highest BCUT2D eigenvalue weighted by Crippen LogP contribution is 2.49. The van der Waals surface area contributed by atoms with Crippen LogP contribution in [0.5, 0.6) is 0 Å². The van der Waals surface area contributed by atoms with Gasteiger partial charge in [0.25, 0.3) is 5.91 Å². The molecular weight excluding hydrogens is 382 g/mol. The maximum atomic E-state index is 13.3. The minimum absolute atomic E-state index is 0.0479. The van der Waals surface area contributed by atoms with Crippen LogP contribution in [0.3, 0.4) is 0 Å². The number of nitrogens with zero attached hydrogens (tertiary/aromatic N) is 2. The maximum absolute atomic E-state index is 13.3. The normalized spacial score (nSPS) is 25.0. The monoisotopic (exact) mass is 411 g/mol. The molecule has 3 heterocycles. The summed E-state index contributed by atoms with van der Waals surface area (Å²) in [6.07, 6.45) is 9.96. The van der Waals surface area contributed by atoms with Gasteiger partial charge >= 0.3 is 0 Å². The van der Waals surface area contributed by atoms with Crippen molar-refractivity contribution in [3.8, 4) is 0 Å². The van der Waals surface area contributed by atoms with Crippen molar-refractivity contribution in [2.24, 2.45) is 5.92 Å². The molecule has 1 aliphatic carbocycles. The van der Waals surface area contributed by atoms with Crippen LogP contribution in [-0.2, 0) is 6.42 Å². The van der Waals surface area contributed by atoms with Crippen molar-refractivity contribution in [1.29, 1.82) is 0 Å². The third kappa shape index (κ3) is 3.80. The number of benzene rings is 1. The van der Waals surface area contributed by atoms with Crippen LogP contribution in [0, 0.1) is 5.92 Å². The lowest BCUT2D eigenvalue weighted by Crippen LogP contribution is -2.62. The molecule has 2 saturated heterocycles. The van der Waals surface area contributed by atoms with Crippen LogP contribution in [0.2, 0.25) is 5.02 Å². The van der Waals surface area contributed by atoms with Gasteiger partial charge in [0.15, 0.2) is 0 Å². The number of rotatable bonds is 6. The minimum atomic E-state index is -0.121. The summed E-state index contributed by atoms with van der Waals surface area (Å²) < 4.78 is 0. The SMILES string of the molecule is CCCc1ccccc1C(NC(=O)c1ccncc1Cl)C12CCC(CC1)CN2C. The predicted molar refractivity (Wildman–Crippen MR) is 117 cm³/mol. The lowest BCUT2D eigenvalue weighted by atomic mass is 9.65. The molecule has 3 fully saturated rings. The molecule has 2 aliphatic heterocycles. The molecule has 3 aliphatic rings. The van der Waals surface area contributed by atoms with Gasteiger partial charge in [0.1, 0.15) is 0 Å². The van der Waals surface area contributed by atoms with E-state index >= 15 is 0 Å². The van der Waals surface area contributed by atoms with Gasteiger partial charge in [-0.15, -0.1) is 0 Å².